The number of nitrogens with one attached hydrogen (secondary N) is 4. The van der Waals surface area contributed by atoms with Crippen LogP contribution in [0.1, 0.15) is 115 Å². The highest BCUT2D eigenvalue weighted by Crippen LogP contribution is 2.31. The summed E-state index contributed by atoms with van der Waals surface area (Å²) in [7, 11) is -3.40. The number of primary amides is 1. The summed E-state index contributed by atoms with van der Waals surface area (Å²) in [5, 5.41) is 11.9. The lowest BCUT2D eigenvalue weighted by atomic mass is 9.98. The molecule has 0 bridgehead atoms. The molecule has 1 unspecified atom stereocenters. The quantitative estimate of drug-likeness (QED) is 0.0626. The molecule has 4 heterocycles. The Labute approximate surface area is 359 Å². The molecule has 4 amide bonds. The summed E-state index contributed by atoms with van der Waals surface area (Å²) < 4.78 is 42.4. The first-order valence-electron chi connectivity index (χ1n) is 21.0. The van der Waals surface area contributed by atoms with Crippen LogP contribution in [0.25, 0.3) is 0 Å². The minimum Gasteiger partial charge on any atom is -0.365 e. The first kappa shape index (κ1) is 45.0. The van der Waals surface area contributed by atoms with Gasteiger partial charge in [-0.2, -0.15) is 4.98 Å². The van der Waals surface area contributed by atoms with Crippen molar-refractivity contribution in [3.63, 3.8) is 0 Å². The number of halogens is 2. The number of sulfonamides is 1. The lowest BCUT2D eigenvalue weighted by molar-refractivity contribution is -0.136. The molecule has 2 saturated heterocycles. The molecule has 2 aromatic carbocycles. The summed E-state index contributed by atoms with van der Waals surface area (Å²) in [6, 6.07) is 9.34. The van der Waals surface area contributed by atoms with Crippen LogP contribution in [0.3, 0.4) is 0 Å². The third-order valence-corrected chi connectivity index (χ3v) is 13.9. The average molecular weight is 913 g/mol. The summed E-state index contributed by atoms with van der Waals surface area (Å²) >= 11 is 3.38. The molecule has 0 aliphatic carbocycles. The molecule has 1 aromatic heterocycles. The molecular weight excluding hydrogens is 857 g/mol. The highest BCUT2D eigenvalue weighted by Gasteiger charge is 2.39. The topological polar surface area (TPSA) is 209 Å². The maximum absolute atomic E-state index is 14.2. The van der Waals surface area contributed by atoms with Gasteiger partial charge in [0.25, 0.3) is 11.8 Å². The van der Waals surface area contributed by atoms with Gasteiger partial charge in [0.2, 0.25) is 27.8 Å². The maximum Gasteiger partial charge on any atom is 0.255 e. The molecule has 2 fully saturated rings. The van der Waals surface area contributed by atoms with Crippen molar-refractivity contribution in [2.75, 3.05) is 42.6 Å². The van der Waals surface area contributed by atoms with Crippen LogP contribution in [-0.2, 0) is 32.6 Å². The molecule has 3 aromatic rings. The van der Waals surface area contributed by atoms with Crippen molar-refractivity contribution in [3.8, 4) is 0 Å². The van der Waals surface area contributed by atoms with Gasteiger partial charge in [0.1, 0.15) is 17.7 Å². The van der Waals surface area contributed by atoms with Crippen LogP contribution in [0, 0.1) is 5.82 Å². The van der Waals surface area contributed by atoms with E-state index >= 15 is 0 Å². The number of aryl methyl sites for hydroxylation is 1. The van der Waals surface area contributed by atoms with Crippen LogP contribution in [0.2, 0.25) is 0 Å². The van der Waals surface area contributed by atoms with Crippen molar-refractivity contribution >= 4 is 67.0 Å². The van der Waals surface area contributed by atoms with E-state index in [0.717, 1.165) is 56.7 Å². The zero-order chi connectivity index (χ0) is 42.6. The molecule has 0 saturated carbocycles. The number of benzene rings is 2. The third-order valence-electron chi connectivity index (χ3n) is 11.5. The molecule has 15 nitrogen and oxygen atoms in total. The Kier molecular flexibility index (Phi) is 16.0. The van der Waals surface area contributed by atoms with E-state index in [-0.39, 0.29) is 47.2 Å². The van der Waals surface area contributed by atoms with Crippen LogP contribution in [0.4, 0.5) is 21.8 Å². The van der Waals surface area contributed by atoms with Crippen LogP contribution < -0.4 is 27.0 Å². The van der Waals surface area contributed by atoms with Gasteiger partial charge in [0.15, 0.2) is 0 Å². The Morgan fingerprint density at radius 3 is 2.35 bits per heavy atom. The molecule has 0 spiro atoms. The van der Waals surface area contributed by atoms with Crippen molar-refractivity contribution in [2.45, 2.75) is 109 Å². The lowest BCUT2D eigenvalue weighted by Gasteiger charge is -2.31. The summed E-state index contributed by atoms with van der Waals surface area (Å²) in [5.41, 5.74) is 8.14. The molecule has 0 radical (unpaired) electrons. The van der Waals surface area contributed by atoms with Gasteiger partial charge in [0.05, 0.1) is 21.5 Å². The van der Waals surface area contributed by atoms with Crippen LogP contribution in [0.5, 0.6) is 0 Å². The van der Waals surface area contributed by atoms with Gasteiger partial charge >= 0.3 is 0 Å². The summed E-state index contributed by atoms with van der Waals surface area (Å²) in [4.78, 5) is 59.3. The number of aromatic nitrogens is 2. The normalized spacial score (nSPS) is 17.5. The number of nitrogens with two attached hydrogens (primary N) is 1. The van der Waals surface area contributed by atoms with E-state index in [9.17, 15) is 32.0 Å². The Morgan fingerprint density at radius 2 is 1.63 bits per heavy atom. The van der Waals surface area contributed by atoms with E-state index in [1.54, 1.807) is 9.21 Å². The largest absolute Gasteiger partial charge is 0.365 e. The van der Waals surface area contributed by atoms with E-state index < -0.39 is 27.8 Å². The van der Waals surface area contributed by atoms with Gasteiger partial charge in [0, 0.05) is 50.4 Å². The van der Waals surface area contributed by atoms with E-state index in [1.165, 1.54) is 49.6 Å². The Bertz CT molecular complexity index is 2140. The fourth-order valence-electron chi connectivity index (χ4n) is 8.13. The Morgan fingerprint density at radius 1 is 0.933 bits per heavy atom. The molecule has 3 aliphatic heterocycles. The minimum atomic E-state index is -3.40. The lowest BCUT2D eigenvalue weighted by Crippen LogP contribution is -2.52. The average Bonchev–Trinajstić information content (AvgIpc) is 3.55. The van der Waals surface area contributed by atoms with Crippen molar-refractivity contribution in [1.82, 2.24) is 29.8 Å². The number of imide groups is 1. The van der Waals surface area contributed by atoms with Gasteiger partial charge < -0.3 is 26.6 Å². The van der Waals surface area contributed by atoms with Gasteiger partial charge in [-0.3, -0.25) is 24.5 Å². The van der Waals surface area contributed by atoms with E-state index in [4.69, 9.17) is 5.73 Å². The molecular formula is C42H55BrFN9O6S. The maximum atomic E-state index is 14.2. The molecule has 6 rings (SSSR count). The fraction of sp³-hybridized carbons (Fsp3) is 0.524. The first-order chi connectivity index (χ1) is 28.9. The molecule has 3 aliphatic rings. The second kappa shape index (κ2) is 21.3. The Hall–Kier alpha value is -4.52. The monoisotopic (exact) mass is 911 g/mol. The van der Waals surface area contributed by atoms with Crippen molar-refractivity contribution in [3.05, 3.63) is 75.1 Å². The number of rotatable bonds is 22. The number of carbonyl (C=O) groups is 4. The second-order valence-corrected chi connectivity index (χ2v) is 18.6. The van der Waals surface area contributed by atoms with Crippen LogP contribution >= 0.6 is 15.9 Å². The number of piperidine rings is 2. The zero-order valence-electron chi connectivity index (χ0n) is 33.8. The van der Waals surface area contributed by atoms with Crippen molar-refractivity contribution in [1.29, 1.82) is 0 Å². The third kappa shape index (κ3) is 11.9. The summed E-state index contributed by atoms with van der Waals surface area (Å²) in [5.74, 6) is -1.77. The number of hydrogen-bond acceptors (Lipinski definition) is 11. The van der Waals surface area contributed by atoms with Crippen LogP contribution in [0.15, 0.2) is 47.1 Å². The minimum absolute atomic E-state index is 0.0447. The predicted octanol–water partition coefficient (Wildman–Crippen LogP) is 5.53. The molecule has 6 N–H and O–H groups in total. The van der Waals surface area contributed by atoms with E-state index in [2.05, 4.69) is 53.2 Å². The smallest absolute Gasteiger partial charge is 0.255 e. The number of carbonyl (C=O) groups excluding carboxylic acids is 4. The molecule has 18 heteroatoms. The summed E-state index contributed by atoms with van der Waals surface area (Å²) in [6.45, 7) is 2.39. The Balaban J connectivity index is 0.785. The number of fused-ring (bicyclic) bond motifs is 1. The highest BCUT2D eigenvalue weighted by atomic mass is 79.9. The first-order valence-corrected chi connectivity index (χ1v) is 23.4. The predicted molar refractivity (Wildman–Crippen MR) is 231 cm³/mol. The number of nitrogens with zero attached hydrogens (tertiary/aromatic N) is 4. The molecule has 60 heavy (non-hydrogen) atoms. The number of hydrogen-bond donors (Lipinski definition) is 5. The van der Waals surface area contributed by atoms with Gasteiger partial charge in [-0.25, -0.2) is 22.1 Å². The van der Waals surface area contributed by atoms with Gasteiger partial charge in [-0.15, -0.1) is 0 Å². The number of anilines is 3. The molecule has 324 valence electrons. The molecule has 1 atom stereocenters. The van der Waals surface area contributed by atoms with Crippen molar-refractivity contribution < 1.29 is 32.0 Å². The van der Waals surface area contributed by atoms with E-state index in [0.29, 0.717) is 67.2 Å². The van der Waals surface area contributed by atoms with Gasteiger partial charge in [-0.1, -0.05) is 63.1 Å². The number of amides is 4. The van der Waals surface area contributed by atoms with E-state index in [1.807, 2.05) is 12.1 Å². The van der Waals surface area contributed by atoms with Crippen molar-refractivity contribution in [2.24, 2.45) is 5.73 Å². The summed E-state index contributed by atoms with van der Waals surface area (Å²) in [6.07, 6.45) is 14.4. The second-order valence-electron chi connectivity index (χ2n) is 15.7. The number of unbranched alkanes of at least 4 members (excludes halogenated alkanes) is 8. The standard InChI is InChI=1S/C42H55BrFN9O6S/c43-32-26-47-42(51-39(32)49-34-16-11-15-33(44)37(34)38(45)55)48-29-19-23-52(24-20-29)60(58,59)25-22-46-21-9-7-5-3-1-2-4-6-8-12-28-13-10-14-30-31(28)27-53(41(30)57)35-17-18-36(54)50-40(35)56/h10-11,13-16,26,29,35,46H,1-9,12,17-25,27H2,(H2,45,55)(H,50,54,56)(H2,47,48,49,51). The zero-order valence-corrected chi connectivity index (χ0v) is 36.2. The fourth-order valence-corrected chi connectivity index (χ4v) is 9.85. The van der Waals surface area contributed by atoms with Gasteiger partial charge in [-0.05, 0) is 90.3 Å². The highest BCUT2D eigenvalue weighted by molar-refractivity contribution is 9.10. The SMILES string of the molecule is NC(=O)c1c(F)cccc1Nc1nc(NC2CCN(S(=O)(=O)CCNCCCCCCCCCCCc3cccc4c3CN(C3CCC(=O)NC3=O)C4=O)CC2)ncc1Br. The van der Waals surface area contributed by atoms with Crippen LogP contribution in [-0.4, -0.2) is 95.2 Å².